The average Bonchev–Trinajstić information content (AvgIpc) is 3.08. The number of nitro groups is 1. The number of hydrogen-bond acceptors (Lipinski definition) is 5. The van der Waals surface area contributed by atoms with E-state index < -0.39 is 16.6 Å². The smallest absolute Gasteiger partial charge is 0.358 e. The van der Waals surface area contributed by atoms with Gasteiger partial charge in [0, 0.05) is 5.56 Å². The van der Waals surface area contributed by atoms with Crippen LogP contribution < -0.4 is 5.32 Å². The molecule has 29 heavy (non-hydrogen) atoms. The van der Waals surface area contributed by atoms with E-state index in [-0.39, 0.29) is 23.9 Å². The minimum absolute atomic E-state index is 0.104. The van der Waals surface area contributed by atoms with E-state index in [9.17, 15) is 19.3 Å². The summed E-state index contributed by atoms with van der Waals surface area (Å²) in [7, 11) is 0. The molecule has 0 fully saturated rings. The molecule has 0 unspecified atom stereocenters. The normalized spacial score (nSPS) is 10.9. The number of nitrogens with zero attached hydrogens (tertiary/aromatic N) is 5. The zero-order valence-electron chi connectivity index (χ0n) is 15.9. The van der Waals surface area contributed by atoms with E-state index >= 15 is 0 Å². The van der Waals surface area contributed by atoms with E-state index in [1.807, 2.05) is 0 Å². The largest absolute Gasteiger partial charge is 0.408 e. The van der Waals surface area contributed by atoms with E-state index in [4.69, 9.17) is 11.6 Å². The molecule has 3 aromatic rings. The first-order chi connectivity index (χ1) is 13.7. The van der Waals surface area contributed by atoms with Crippen molar-refractivity contribution in [1.29, 1.82) is 0 Å². The lowest BCUT2D eigenvalue weighted by molar-refractivity contribution is -0.389. The number of anilines is 1. The number of hydrogen-bond donors (Lipinski definition) is 1. The van der Waals surface area contributed by atoms with Gasteiger partial charge in [-0.2, -0.15) is 9.78 Å². The van der Waals surface area contributed by atoms with Gasteiger partial charge in [-0.05, 0) is 31.8 Å². The third kappa shape index (κ3) is 4.11. The highest BCUT2D eigenvalue weighted by molar-refractivity contribution is 6.33. The molecule has 0 aliphatic heterocycles. The number of carbonyl (C=O) groups is 1. The summed E-state index contributed by atoms with van der Waals surface area (Å²) in [5, 5.41) is 21.7. The molecule has 0 radical (unpaired) electrons. The van der Waals surface area contributed by atoms with Crippen molar-refractivity contribution in [2.75, 3.05) is 5.32 Å². The maximum Gasteiger partial charge on any atom is 0.408 e. The molecule has 0 aliphatic carbocycles. The Bertz CT molecular complexity index is 1110. The van der Waals surface area contributed by atoms with Gasteiger partial charge in [0.05, 0.1) is 34.4 Å². The fraction of sp³-hybridized carbons (Fsp3) is 0.278. The van der Waals surface area contributed by atoms with Crippen LogP contribution in [-0.2, 0) is 17.9 Å². The Morgan fingerprint density at radius 2 is 1.90 bits per heavy atom. The summed E-state index contributed by atoms with van der Waals surface area (Å²) in [6.07, 6.45) is 0. The fourth-order valence-corrected chi connectivity index (χ4v) is 3.12. The first-order valence-corrected chi connectivity index (χ1v) is 9.01. The minimum atomic E-state index is -0.704. The number of nitrogens with one attached hydrogen (secondary N) is 1. The van der Waals surface area contributed by atoms with Gasteiger partial charge in [0.1, 0.15) is 12.4 Å². The van der Waals surface area contributed by atoms with Crippen LogP contribution in [0.25, 0.3) is 0 Å². The molecule has 0 saturated carbocycles. The van der Waals surface area contributed by atoms with Crippen LogP contribution in [0.1, 0.15) is 22.6 Å². The van der Waals surface area contributed by atoms with Crippen LogP contribution in [0.5, 0.6) is 0 Å². The van der Waals surface area contributed by atoms with Crippen LogP contribution in [0.2, 0.25) is 5.02 Å². The van der Waals surface area contributed by atoms with Crippen LogP contribution in [0.3, 0.4) is 0 Å². The first-order valence-electron chi connectivity index (χ1n) is 8.63. The van der Waals surface area contributed by atoms with Crippen molar-refractivity contribution in [1.82, 2.24) is 19.6 Å². The number of amides is 1. The number of halogens is 2. The fourth-order valence-electron chi connectivity index (χ4n) is 2.91. The standard InChI is InChI=1S/C18H18ClFN6O3/c1-10-17(12(3)24(22-10)8-13-6-4-5-7-14(13)20)21-15(27)9-25-11(2)16(19)18(23-25)26(28)29/h4-7H,8-9H2,1-3H3,(H,21,27). The van der Waals surface area contributed by atoms with Gasteiger partial charge in [-0.1, -0.05) is 29.8 Å². The predicted octanol–water partition coefficient (Wildman–Crippen LogP) is 3.39. The number of rotatable bonds is 6. The van der Waals surface area contributed by atoms with Crippen LogP contribution in [0.15, 0.2) is 24.3 Å². The Balaban J connectivity index is 1.78. The molecule has 9 nitrogen and oxygen atoms in total. The van der Waals surface area contributed by atoms with Crippen LogP contribution in [0.4, 0.5) is 15.9 Å². The second kappa shape index (κ2) is 8.00. The van der Waals surface area contributed by atoms with Gasteiger partial charge in [-0.15, -0.1) is 0 Å². The van der Waals surface area contributed by atoms with Crippen LogP contribution >= 0.6 is 11.6 Å². The summed E-state index contributed by atoms with van der Waals surface area (Å²) in [6.45, 7) is 4.99. The van der Waals surface area contributed by atoms with Crippen molar-refractivity contribution in [2.24, 2.45) is 0 Å². The zero-order chi connectivity index (χ0) is 21.3. The maximum atomic E-state index is 13.9. The van der Waals surface area contributed by atoms with Gasteiger partial charge in [0.25, 0.3) is 0 Å². The Hall–Kier alpha value is -3.27. The summed E-state index contributed by atoms with van der Waals surface area (Å²) >= 11 is 5.90. The molecule has 1 aromatic carbocycles. The van der Waals surface area contributed by atoms with Crippen molar-refractivity contribution >= 4 is 29.0 Å². The second-order valence-corrected chi connectivity index (χ2v) is 6.86. The number of aromatic nitrogens is 4. The van der Waals surface area contributed by atoms with Crippen molar-refractivity contribution in [3.05, 3.63) is 67.9 Å². The molecule has 2 aromatic heterocycles. The van der Waals surface area contributed by atoms with E-state index in [0.29, 0.717) is 28.3 Å². The van der Waals surface area contributed by atoms with Crippen LogP contribution in [0, 0.1) is 36.7 Å². The topological polar surface area (TPSA) is 108 Å². The molecule has 1 N–H and O–H groups in total. The molecule has 0 spiro atoms. The van der Waals surface area contributed by atoms with Gasteiger partial charge in [-0.3, -0.25) is 9.48 Å². The molecule has 0 bridgehead atoms. The van der Waals surface area contributed by atoms with E-state index in [1.165, 1.54) is 10.7 Å². The van der Waals surface area contributed by atoms with Crippen LogP contribution in [-0.4, -0.2) is 30.4 Å². The third-order valence-corrected chi connectivity index (χ3v) is 4.95. The number of benzene rings is 1. The summed E-state index contributed by atoms with van der Waals surface area (Å²) in [5.41, 5.74) is 2.51. The molecule has 3 rings (SSSR count). The van der Waals surface area contributed by atoms with Gasteiger partial charge < -0.3 is 15.4 Å². The van der Waals surface area contributed by atoms with Crippen molar-refractivity contribution in [2.45, 2.75) is 33.9 Å². The Morgan fingerprint density at radius 3 is 2.52 bits per heavy atom. The van der Waals surface area contributed by atoms with Gasteiger partial charge in [0.15, 0.2) is 5.02 Å². The Labute approximate surface area is 170 Å². The lowest BCUT2D eigenvalue weighted by atomic mass is 10.2. The van der Waals surface area contributed by atoms with Crippen molar-refractivity contribution in [3.8, 4) is 0 Å². The van der Waals surface area contributed by atoms with E-state index in [2.05, 4.69) is 15.5 Å². The molecule has 1 amide bonds. The zero-order valence-corrected chi connectivity index (χ0v) is 16.7. The minimum Gasteiger partial charge on any atom is -0.358 e. The lowest BCUT2D eigenvalue weighted by Gasteiger charge is -2.08. The highest BCUT2D eigenvalue weighted by Crippen LogP contribution is 2.26. The average molecular weight is 421 g/mol. The molecule has 0 saturated heterocycles. The highest BCUT2D eigenvalue weighted by atomic mass is 35.5. The molecule has 0 atom stereocenters. The molecular formula is C18H18ClFN6O3. The first kappa shape index (κ1) is 20.5. The summed E-state index contributed by atoms with van der Waals surface area (Å²) in [4.78, 5) is 22.7. The number of aryl methyl sites for hydroxylation is 1. The molecule has 152 valence electrons. The van der Waals surface area contributed by atoms with Gasteiger partial charge in [0.2, 0.25) is 5.91 Å². The summed E-state index contributed by atoms with van der Waals surface area (Å²) in [5.74, 6) is -1.28. The molecule has 2 heterocycles. The number of carbonyl (C=O) groups excluding carboxylic acids is 1. The Morgan fingerprint density at radius 1 is 1.21 bits per heavy atom. The van der Waals surface area contributed by atoms with Crippen molar-refractivity contribution in [3.63, 3.8) is 0 Å². The predicted molar refractivity (Wildman–Crippen MR) is 104 cm³/mol. The van der Waals surface area contributed by atoms with Crippen molar-refractivity contribution < 1.29 is 14.1 Å². The third-order valence-electron chi connectivity index (χ3n) is 4.51. The molecular weight excluding hydrogens is 403 g/mol. The Kier molecular flexibility index (Phi) is 5.64. The lowest BCUT2D eigenvalue weighted by Crippen LogP contribution is -2.21. The summed E-state index contributed by atoms with van der Waals surface area (Å²) < 4.78 is 16.7. The summed E-state index contributed by atoms with van der Waals surface area (Å²) in [6, 6.07) is 6.39. The van der Waals surface area contributed by atoms with E-state index in [0.717, 1.165) is 0 Å². The second-order valence-electron chi connectivity index (χ2n) is 6.48. The maximum absolute atomic E-state index is 13.9. The quantitative estimate of drug-likeness (QED) is 0.485. The van der Waals surface area contributed by atoms with Gasteiger partial charge >= 0.3 is 5.82 Å². The molecule has 0 aliphatic rings. The highest BCUT2D eigenvalue weighted by Gasteiger charge is 2.25. The SMILES string of the molecule is Cc1nn(Cc2ccccc2F)c(C)c1NC(=O)Cn1nc([N+](=O)[O-])c(Cl)c1C. The molecule has 11 heteroatoms. The monoisotopic (exact) mass is 420 g/mol. The van der Waals surface area contributed by atoms with Gasteiger partial charge in [-0.25, -0.2) is 4.39 Å². The van der Waals surface area contributed by atoms with E-state index in [1.54, 1.807) is 43.7 Å².